The molecule has 2 aromatic rings. The normalized spacial score (nSPS) is 10.1. The molecule has 0 bridgehead atoms. The van der Waals surface area contributed by atoms with E-state index in [9.17, 15) is 14.0 Å². The van der Waals surface area contributed by atoms with Crippen LogP contribution in [0.4, 0.5) is 10.1 Å². The summed E-state index contributed by atoms with van der Waals surface area (Å²) in [6.45, 7) is 0. The Morgan fingerprint density at radius 3 is 2.62 bits per heavy atom. The van der Waals surface area contributed by atoms with Crippen molar-refractivity contribution in [3.63, 3.8) is 0 Å². The van der Waals surface area contributed by atoms with Crippen molar-refractivity contribution in [2.75, 3.05) is 19.5 Å². The maximum atomic E-state index is 13.6. The van der Waals surface area contributed by atoms with Crippen molar-refractivity contribution in [1.82, 2.24) is 5.32 Å². The van der Waals surface area contributed by atoms with Gasteiger partial charge in [0.25, 0.3) is 5.91 Å². The quantitative estimate of drug-likeness (QED) is 0.856. The van der Waals surface area contributed by atoms with E-state index in [1.165, 1.54) is 19.2 Å². The number of ether oxygens (including phenoxy) is 1. The first kappa shape index (κ1) is 17.5. The second-order valence-corrected chi connectivity index (χ2v) is 5.18. The lowest BCUT2D eigenvalue weighted by Crippen LogP contribution is -2.18. The zero-order chi connectivity index (χ0) is 17.5. The van der Waals surface area contributed by atoms with Crippen molar-refractivity contribution in [1.29, 1.82) is 0 Å². The number of methoxy groups -OCH3 is 1. The summed E-state index contributed by atoms with van der Waals surface area (Å²) >= 11 is 0. The topological polar surface area (TPSA) is 67.4 Å². The van der Waals surface area contributed by atoms with Crippen molar-refractivity contribution >= 4 is 17.5 Å². The van der Waals surface area contributed by atoms with E-state index in [1.54, 1.807) is 37.4 Å². The molecule has 0 aliphatic carbocycles. The van der Waals surface area contributed by atoms with Gasteiger partial charge in [0.15, 0.2) is 11.6 Å². The molecule has 6 heteroatoms. The van der Waals surface area contributed by atoms with Crippen molar-refractivity contribution in [3.8, 4) is 5.75 Å². The van der Waals surface area contributed by atoms with Crippen LogP contribution in [0.2, 0.25) is 0 Å². The number of rotatable bonds is 6. The van der Waals surface area contributed by atoms with Gasteiger partial charge < -0.3 is 15.4 Å². The lowest BCUT2D eigenvalue weighted by molar-refractivity contribution is -0.116. The van der Waals surface area contributed by atoms with Crippen LogP contribution in [0, 0.1) is 5.82 Å². The third-order valence-electron chi connectivity index (χ3n) is 3.49. The molecular formula is C18H19FN2O3. The lowest BCUT2D eigenvalue weighted by Gasteiger charge is -2.08. The molecule has 5 nitrogen and oxygen atoms in total. The van der Waals surface area contributed by atoms with Gasteiger partial charge in [-0.15, -0.1) is 0 Å². The summed E-state index contributed by atoms with van der Waals surface area (Å²) in [6, 6.07) is 11.3. The van der Waals surface area contributed by atoms with Crippen molar-refractivity contribution in [2.45, 2.75) is 12.8 Å². The van der Waals surface area contributed by atoms with Crippen LogP contribution in [-0.2, 0) is 11.2 Å². The highest BCUT2D eigenvalue weighted by molar-refractivity contribution is 5.97. The molecule has 0 aliphatic rings. The van der Waals surface area contributed by atoms with Crippen molar-refractivity contribution < 1.29 is 18.7 Å². The summed E-state index contributed by atoms with van der Waals surface area (Å²) in [5.41, 5.74) is 1.72. The van der Waals surface area contributed by atoms with Crippen LogP contribution in [-0.4, -0.2) is 26.0 Å². The molecule has 2 amide bonds. The Bertz CT molecular complexity index is 747. The fourth-order valence-electron chi connectivity index (χ4n) is 2.23. The minimum absolute atomic E-state index is 0.175. The van der Waals surface area contributed by atoms with Gasteiger partial charge in [-0.3, -0.25) is 9.59 Å². The molecule has 0 heterocycles. The zero-order valence-electron chi connectivity index (χ0n) is 13.6. The Morgan fingerprint density at radius 2 is 1.96 bits per heavy atom. The van der Waals surface area contributed by atoms with Gasteiger partial charge in [-0.25, -0.2) is 4.39 Å². The average molecular weight is 330 g/mol. The van der Waals surface area contributed by atoms with Crippen LogP contribution in [0.15, 0.2) is 42.5 Å². The Kier molecular flexibility index (Phi) is 5.89. The fourth-order valence-corrected chi connectivity index (χ4v) is 2.23. The molecule has 0 fully saturated rings. The molecule has 2 rings (SSSR count). The predicted octanol–water partition coefficient (Wildman–Crippen LogP) is 2.77. The zero-order valence-corrected chi connectivity index (χ0v) is 13.6. The van der Waals surface area contributed by atoms with E-state index in [0.29, 0.717) is 23.2 Å². The lowest BCUT2D eigenvalue weighted by atomic mass is 10.1. The Labute approximate surface area is 139 Å². The van der Waals surface area contributed by atoms with Gasteiger partial charge in [0.1, 0.15) is 0 Å². The molecule has 24 heavy (non-hydrogen) atoms. The number of carbonyl (C=O) groups excluding carboxylic acids is 2. The monoisotopic (exact) mass is 330 g/mol. The predicted molar refractivity (Wildman–Crippen MR) is 89.7 cm³/mol. The summed E-state index contributed by atoms with van der Waals surface area (Å²) < 4.78 is 18.5. The summed E-state index contributed by atoms with van der Waals surface area (Å²) in [4.78, 5) is 23.6. The van der Waals surface area contributed by atoms with E-state index in [2.05, 4.69) is 10.6 Å². The Balaban J connectivity index is 1.94. The molecule has 0 unspecified atom stereocenters. The van der Waals surface area contributed by atoms with E-state index in [-0.39, 0.29) is 24.0 Å². The molecule has 0 saturated heterocycles. The van der Waals surface area contributed by atoms with E-state index in [4.69, 9.17) is 4.74 Å². The number of halogens is 1. The second kappa shape index (κ2) is 8.10. The van der Waals surface area contributed by atoms with Gasteiger partial charge in [0, 0.05) is 24.7 Å². The number of aryl methyl sites for hydroxylation is 1. The molecule has 0 aliphatic heterocycles. The number of amides is 2. The number of carbonyl (C=O) groups is 2. The van der Waals surface area contributed by atoms with Gasteiger partial charge in [0.2, 0.25) is 5.91 Å². The van der Waals surface area contributed by atoms with Crippen LogP contribution in [0.3, 0.4) is 0 Å². The smallest absolute Gasteiger partial charge is 0.251 e. The molecule has 0 spiro atoms. The summed E-state index contributed by atoms with van der Waals surface area (Å²) in [6.07, 6.45) is 0.609. The summed E-state index contributed by atoms with van der Waals surface area (Å²) in [7, 11) is 2.94. The van der Waals surface area contributed by atoms with Crippen LogP contribution < -0.4 is 15.4 Å². The molecule has 2 N–H and O–H groups in total. The number of hydrogen-bond acceptors (Lipinski definition) is 3. The Morgan fingerprint density at radius 1 is 1.17 bits per heavy atom. The van der Waals surface area contributed by atoms with Crippen molar-refractivity contribution in [3.05, 3.63) is 59.4 Å². The number of hydrogen-bond donors (Lipinski definition) is 2. The maximum absolute atomic E-state index is 13.6. The summed E-state index contributed by atoms with van der Waals surface area (Å²) in [5.74, 6) is -0.706. The van der Waals surface area contributed by atoms with Crippen molar-refractivity contribution in [2.24, 2.45) is 0 Å². The largest absolute Gasteiger partial charge is 0.494 e. The van der Waals surface area contributed by atoms with Crippen LogP contribution in [0.5, 0.6) is 5.75 Å². The first-order chi connectivity index (χ1) is 11.5. The standard InChI is InChI=1S/C18H19FN2O3/c1-20-18(23)13-4-3-5-14(11-13)21-17(22)9-7-12-6-8-16(24-2)15(19)10-12/h3-6,8,10-11H,7,9H2,1-2H3,(H,20,23)(H,21,22). The highest BCUT2D eigenvalue weighted by Gasteiger charge is 2.08. The molecule has 0 saturated carbocycles. The van der Waals surface area contributed by atoms with Crippen LogP contribution in [0.25, 0.3) is 0 Å². The fraction of sp³-hybridized carbons (Fsp3) is 0.222. The van der Waals surface area contributed by atoms with E-state index < -0.39 is 5.82 Å². The van der Waals surface area contributed by atoms with Gasteiger partial charge in [-0.05, 0) is 42.3 Å². The van der Waals surface area contributed by atoms with Crippen LogP contribution >= 0.6 is 0 Å². The molecular weight excluding hydrogens is 311 g/mol. The molecule has 2 aromatic carbocycles. The second-order valence-electron chi connectivity index (χ2n) is 5.18. The number of nitrogens with one attached hydrogen (secondary N) is 2. The minimum atomic E-state index is -0.450. The maximum Gasteiger partial charge on any atom is 0.251 e. The molecule has 0 atom stereocenters. The molecule has 0 radical (unpaired) electrons. The molecule has 0 aromatic heterocycles. The minimum Gasteiger partial charge on any atom is -0.494 e. The number of anilines is 1. The average Bonchev–Trinajstić information content (AvgIpc) is 2.59. The highest BCUT2D eigenvalue weighted by atomic mass is 19.1. The highest BCUT2D eigenvalue weighted by Crippen LogP contribution is 2.19. The van der Waals surface area contributed by atoms with E-state index in [0.717, 1.165) is 0 Å². The van der Waals surface area contributed by atoms with E-state index >= 15 is 0 Å². The number of benzene rings is 2. The van der Waals surface area contributed by atoms with Gasteiger partial charge in [-0.1, -0.05) is 12.1 Å². The SMILES string of the molecule is CNC(=O)c1cccc(NC(=O)CCc2ccc(OC)c(F)c2)c1. The van der Waals surface area contributed by atoms with Gasteiger partial charge in [-0.2, -0.15) is 0 Å². The summed E-state index contributed by atoms with van der Waals surface area (Å²) in [5, 5.41) is 5.26. The van der Waals surface area contributed by atoms with E-state index in [1.807, 2.05) is 0 Å². The van der Waals surface area contributed by atoms with Crippen LogP contribution in [0.1, 0.15) is 22.3 Å². The third kappa shape index (κ3) is 4.55. The van der Waals surface area contributed by atoms with Gasteiger partial charge in [0.05, 0.1) is 7.11 Å². The van der Waals surface area contributed by atoms with Gasteiger partial charge >= 0.3 is 0 Å². The first-order valence-corrected chi connectivity index (χ1v) is 7.48. The first-order valence-electron chi connectivity index (χ1n) is 7.48. The molecule has 126 valence electrons. The Hall–Kier alpha value is -2.89. The third-order valence-corrected chi connectivity index (χ3v) is 3.49.